The van der Waals surface area contributed by atoms with E-state index in [1.807, 2.05) is 13.8 Å². The Hall–Kier alpha value is -1.11. The molecular formula is C16H25ClN2O3S. The van der Waals surface area contributed by atoms with Gasteiger partial charge in [-0.1, -0.05) is 25.4 Å². The molecule has 130 valence electrons. The molecule has 0 saturated carbocycles. The fraction of sp³-hybridized carbons (Fsp3) is 0.562. The lowest BCUT2D eigenvalue weighted by Gasteiger charge is -2.21. The molecule has 0 aliphatic heterocycles. The smallest absolute Gasteiger partial charge is 0.253 e. The van der Waals surface area contributed by atoms with Gasteiger partial charge in [-0.15, -0.1) is 0 Å². The first-order chi connectivity index (χ1) is 10.6. The van der Waals surface area contributed by atoms with Crippen LogP contribution in [0.2, 0.25) is 5.02 Å². The number of benzene rings is 1. The molecule has 0 saturated heterocycles. The molecule has 1 amide bonds. The zero-order valence-corrected chi connectivity index (χ0v) is 15.8. The third kappa shape index (κ3) is 4.68. The Kier molecular flexibility index (Phi) is 7.04. The molecule has 1 rings (SSSR count). The van der Waals surface area contributed by atoms with E-state index in [-0.39, 0.29) is 33.5 Å². The van der Waals surface area contributed by atoms with Gasteiger partial charge in [-0.3, -0.25) is 4.79 Å². The number of hydrogen-bond acceptors (Lipinski definition) is 3. The lowest BCUT2D eigenvalue weighted by Crippen LogP contribution is -2.35. The number of carbonyl (C=O) groups is 1. The maximum atomic E-state index is 12.5. The van der Waals surface area contributed by atoms with E-state index in [0.717, 1.165) is 12.8 Å². The zero-order chi connectivity index (χ0) is 17.8. The molecule has 1 aromatic carbocycles. The van der Waals surface area contributed by atoms with Crippen LogP contribution in [0, 0.1) is 0 Å². The molecule has 0 aromatic heterocycles. The summed E-state index contributed by atoms with van der Waals surface area (Å²) in [5.74, 6) is -0.354. The molecule has 5 nitrogen and oxygen atoms in total. The van der Waals surface area contributed by atoms with Crippen molar-refractivity contribution in [2.45, 2.75) is 57.5 Å². The third-order valence-corrected chi connectivity index (χ3v) is 6.27. The van der Waals surface area contributed by atoms with Crippen LogP contribution in [0.25, 0.3) is 0 Å². The molecule has 0 unspecified atom stereocenters. The van der Waals surface area contributed by atoms with Crippen LogP contribution >= 0.6 is 11.6 Å². The number of sulfonamides is 1. The maximum absolute atomic E-state index is 12.5. The van der Waals surface area contributed by atoms with E-state index in [0.29, 0.717) is 0 Å². The lowest BCUT2D eigenvalue weighted by molar-refractivity contribution is 0.0935. The number of halogens is 1. The van der Waals surface area contributed by atoms with Crippen molar-refractivity contribution in [1.82, 2.24) is 9.62 Å². The minimum Gasteiger partial charge on any atom is -0.349 e. The van der Waals surface area contributed by atoms with Crippen LogP contribution in [-0.4, -0.2) is 37.8 Å². The maximum Gasteiger partial charge on any atom is 0.253 e. The Bertz CT molecular complexity index is 655. The summed E-state index contributed by atoms with van der Waals surface area (Å²) in [5, 5.41) is 3.11. The van der Waals surface area contributed by atoms with Crippen molar-refractivity contribution >= 4 is 27.5 Å². The first kappa shape index (κ1) is 19.9. The van der Waals surface area contributed by atoms with Gasteiger partial charge in [0.1, 0.15) is 0 Å². The average Bonchev–Trinajstić information content (AvgIpc) is 2.51. The predicted molar refractivity (Wildman–Crippen MR) is 93.4 cm³/mol. The number of nitrogens with one attached hydrogen (secondary N) is 1. The van der Waals surface area contributed by atoms with Crippen molar-refractivity contribution in [2.75, 3.05) is 7.05 Å². The number of nitrogens with zero attached hydrogens (tertiary/aromatic N) is 1. The Labute approximate surface area is 144 Å². The van der Waals surface area contributed by atoms with Gasteiger partial charge in [-0.25, -0.2) is 8.42 Å². The van der Waals surface area contributed by atoms with Crippen LogP contribution < -0.4 is 5.32 Å². The first-order valence-electron chi connectivity index (χ1n) is 7.73. The van der Waals surface area contributed by atoms with Gasteiger partial charge in [0.2, 0.25) is 10.0 Å². The third-order valence-electron chi connectivity index (χ3n) is 3.91. The molecule has 0 aliphatic carbocycles. The van der Waals surface area contributed by atoms with Crippen LogP contribution in [0.3, 0.4) is 0 Å². The number of rotatable bonds is 7. The molecule has 1 N–H and O–H groups in total. The van der Waals surface area contributed by atoms with Crippen molar-refractivity contribution in [3.63, 3.8) is 0 Å². The van der Waals surface area contributed by atoms with Gasteiger partial charge in [-0.05, 0) is 44.9 Å². The standard InChI is InChI=1S/C16H25ClN2O3S/c1-6-12(7-2)18-16(20)14-10-13(8-9-15(14)17)23(21,22)19(5)11(3)4/h8-12H,6-7H2,1-5H3,(H,18,20). The van der Waals surface area contributed by atoms with Crippen molar-refractivity contribution in [2.24, 2.45) is 0 Å². The normalized spacial score (nSPS) is 12.2. The van der Waals surface area contributed by atoms with E-state index < -0.39 is 10.0 Å². The fourth-order valence-electron chi connectivity index (χ4n) is 2.04. The van der Waals surface area contributed by atoms with E-state index in [4.69, 9.17) is 11.6 Å². The van der Waals surface area contributed by atoms with Crippen molar-refractivity contribution in [3.8, 4) is 0 Å². The molecule has 0 atom stereocenters. The Morgan fingerprint density at radius 1 is 1.26 bits per heavy atom. The van der Waals surface area contributed by atoms with E-state index in [1.54, 1.807) is 13.8 Å². The van der Waals surface area contributed by atoms with E-state index in [9.17, 15) is 13.2 Å². The summed E-state index contributed by atoms with van der Waals surface area (Å²) in [4.78, 5) is 12.4. The summed E-state index contributed by atoms with van der Waals surface area (Å²) in [5.41, 5.74) is 0.178. The number of carbonyl (C=O) groups excluding carboxylic acids is 1. The highest BCUT2D eigenvalue weighted by Gasteiger charge is 2.25. The van der Waals surface area contributed by atoms with Crippen LogP contribution in [0.4, 0.5) is 0 Å². The number of hydrogen-bond donors (Lipinski definition) is 1. The second-order valence-corrected chi connectivity index (χ2v) is 8.15. The molecule has 0 spiro atoms. The second-order valence-electron chi connectivity index (χ2n) is 5.74. The van der Waals surface area contributed by atoms with Gasteiger partial charge >= 0.3 is 0 Å². The van der Waals surface area contributed by atoms with Gasteiger partial charge in [0.15, 0.2) is 0 Å². The summed E-state index contributed by atoms with van der Waals surface area (Å²) in [7, 11) is -2.14. The lowest BCUT2D eigenvalue weighted by atomic mass is 10.1. The van der Waals surface area contributed by atoms with Crippen molar-refractivity contribution < 1.29 is 13.2 Å². The van der Waals surface area contributed by atoms with E-state index in [2.05, 4.69) is 5.32 Å². The predicted octanol–water partition coefficient (Wildman–Crippen LogP) is 3.29. The molecule has 0 heterocycles. The number of amides is 1. The van der Waals surface area contributed by atoms with Crippen molar-refractivity contribution in [3.05, 3.63) is 28.8 Å². The van der Waals surface area contributed by atoms with Crippen LogP contribution in [0.15, 0.2) is 23.1 Å². The van der Waals surface area contributed by atoms with Crippen LogP contribution in [-0.2, 0) is 10.0 Å². The van der Waals surface area contributed by atoms with Crippen LogP contribution in [0.5, 0.6) is 0 Å². The minimum absolute atomic E-state index is 0.0390. The molecule has 0 fully saturated rings. The summed E-state index contributed by atoms with van der Waals surface area (Å²) in [6.07, 6.45) is 1.60. The highest BCUT2D eigenvalue weighted by Crippen LogP contribution is 2.23. The van der Waals surface area contributed by atoms with Gasteiger partial charge in [-0.2, -0.15) is 4.31 Å². The molecule has 1 aromatic rings. The van der Waals surface area contributed by atoms with Crippen molar-refractivity contribution in [1.29, 1.82) is 0 Å². The van der Waals surface area contributed by atoms with E-state index >= 15 is 0 Å². The fourth-order valence-corrected chi connectivity index (χ4v) is 3.64. The molecule has 23 heavy (non-hydrogen) atoms. The zero-order valence-electron chi connectivity index (χ0n) is 14.3. The van der Waals surface area contributed by atoms with Gasteiger partial charge in [0.05, 0.1) is 15.5 Å². The SMILES string of the molecule is CCC(CC)NC(=O)c1cc(S(=O)(=O)N(C)C(C)C)ccc1Cl. The van der Waals surface area contributed by atoms with E-state index in [1.165, 1.54) is 29.6 Å². The Morgan fingerprint density at radius 3 is 2.30 bits per heavy atom. The van der Waals surface area contributed by atoms with Gasteiger partial charge < -0.3 is 5.32 Å². The quantitative estimate of drug-likeness (QED) is 0.811. The molecule has 7 heteroatoms. The molecule has 0 bridgehead atoms. The summed E-state index contributed by atoms with van der Waals surface area (Å²) in [6.45, 7) is 7.53. The van der Waals surface area contributed by atoms with Gasteiger partial charge in [0, 0.05) is 19.1 Å². The molecular weight excluding hydrogens is 336 g/mol. The minimum atomic E-state index is -3.66. The highest BCUT2D eigenvalue weighted by molar-refractivity contribution is 7.89. The topological polar surface area (TPSA) is 66.5 Å². The molecule has 0 aliphatic rings. The molecule has 0 radical (unpaired) electrons. The Morgan fingerprint density at radius 2 is 1.83 bits per heavy atom. The summed E-state index contributed by atoms with van der Waals surface area (Å²) in [6, 6.07) is 4.07. The van der Waals surface area contributed by atoms with Gasteiger partial charge in [0.25, 0.3) is 5.91 Å². The highest BCUT2D eigenvalue weighted by atomic mass is 35.5. The first-order valence-corrected chi connectivity index (χ1v) is 9.55. The second kappa shape index (κ2) is 8.13. The largest absolute Gasteiger partial charge is 0.349 e. The summed E-state index contributed by atoms with van der Waals surface area (Å²) >= 11 is 6.08. The average molecular weight is 361 g/mol. The van der Waals surface area contributed by atoms with Crippen LogP contribution in [0.1, 0.15) is 50.9 Å². The monoisotopic (exact) mass is 360 g/mol. The Balaban J connectivity index is 3.21. The summed E-state index contributed by atoms with van der Waals surface area (Å²) < 4.78 is 26.4.